The fraction of sp³-hybridized carbons (Fsp3) is 0.250. The van der Waals surface area contributed by atoms with Gasteiger partial charge >= 0.3 is 11.9 Å². The van der Waals surface area contributed by atoms with Gasteiger partial charge in [-0.2, -0.15) is 8.42 Å². The van der Waals surface area contributed by atoms with Crippen LogP contribution in [0.4, 0.5) is 0 Å². The van der Waals surface area contributed by atoms with Crippen molar-refractivity contribution < 1.29 is 32.0 Å². The Morgan fingerprint density at radius 1 is 1.44 bits per heavy atom. The molecular formula is C8H10O7S. The lowest BCUT2D eigenvalue weighted by Crippen LogP contribution is -2.11. The Labute approximate surface area is 92.1 Å². The average molecular weight is 250 g/mol. The van der Waals surface area contributed by atoms with Gasteiger partial charge in [0.1, 0.15) is 0 Å². The second-order valence-corrected chi connectivity index (χ2v) is 3.98. The molecule has 0 aliphatic rings. The summed E-state index contributed by atoms with van der Waals surface area (Å²) in [5.74, 6) is -2.24. The molecule has 0 saturated heterocycles. The molecule has 16 heavy (non-hydrogen) atoms. The largest absolute Gasteiger partial charge is 0.478 e. The molecule has 0 unspecified atom stereocenters. The zero-order valence-corrected chi connectivity index (χ0v) is 9.19. The van der Waals surface area contributed by atoms with E-state index >= 15 is 0 Å². The van der Waals surface area contributed by atoms with Crippen molar-refractivity contribution in [2.24, 2.45) is 0 Å². The van der Waals surface area contributed by atoms with E-state index < -0.39 is 34.2 Å². The highest BCUT2D eigenvalue weighted by Gasteiger charge is 2.11. The quantitative estimate of drug-likeness (QED) is 0.390. The number of methoxy groups -OCH3 is 1. The maximum atomic E-state index is 11.0. The molecule has 8 heteroatoms. The van der Waals surface area contributed by atoms with Gasteiger partial charge in [-0.05, 0) is 0 Å². The molecular weight excluding hydrogens is 240 g/mol. The van der Waals surface area contributed by atoms with Crippen molar-refractivity contribution in [1.29, 1.82) is 0 Å². The van der Waals surface area contributed by atoms with Crippen molar-refractivity contribution in [3.05, 3.63) is 23.6 Å². The number of esters is 1. The smallest absolute Gasteiger partial charge is 0.333 e. The van der Waals surface area contributed by atoms with Gasteiger partial charge in [-0.15, -0.1) is 0 Å². The maximum Gasteiger partial charge on any atom is 0.333 e. The van der Waals surface area contributed by atoms with Crippen LogP contribution in [-0.2, 0) is 28.6 Å². The summed E-state index contributed by atoms with van der Waals surface area (Å²) >= 11 is 0. The van der Waals surface area contributed by atoms with Crippen LogP contribution in [0.25, 0.3) is 0 Å². The number of carbonyl (C=O) groups excluding carboxylic acids is 1. The summed E-state index contributed by atoms with van der Waals surface area (Å²) in [7, 11) is -3.05. The molecule has 0 fully saturated rings. The zero-order chi connectivity index (χ0) is 12.8. The van der Waals surface area contributed by atoms with E-state index in [1.165, 1.54) is 0 Å². The standard InChI is InChI=1S/C8H10O7S/c1-6(8(10)11)5-15-16(12,13)4-3-7(9)14-2/h3-4H,1,5H2,2H3,(H,10,11). The molecule has 1 N–H and O–H groups in total. The fourth-order valence-corrected chi connectivity index (χ4v) is 1.12. The molecule has 0 amide bonds. The first-order chi connectivity index (χ1) is 7.28. The van der Waals surface area contributed by atoms with Gasteiger partial charge in [-0.1, -0.05) is 6.58 Å². The minimum atomic E-state index is -4.12. The van der Waals surface area contributed by atoms with Crippen LogP contribution >= 0.6 is 0 Å². The Morgan fingerprint density at radius 2 is 2.00 bits per heavy atom. The number of hydrogen-bond donors (Lipinski definition) is 1. The number of hydrogen-bond acceptors (Lipinski definition) is 6. The van der Waals surface area contributed by atoms with Gasteiger partial charge in [0.15, 0.2) is 0 Å². The SMILES string of the molecule is C=C(COS(=O)(=O)C=CC(=O)OC)C(=O)O. The van der Waals surface area contributed by atoms with E-state index in [2.05, 4.69) is 15.5 Å². The van der Waals surface area contributed by atoms with Crippen molar-refractivity contribution in [3.63, 3.8) is 0 Å². The molecule has 0 aliphatic heterocycles. The van der Waals surface area contributed by atoms with Crippen LogP contribution in [0.15, 0.2) is 23.6 Å². The monoisotopic (exact) mass is 250 g/mol. The van der Waals surface area contributed by atoms with Crippen LogP contribution in [0, 0.1) is 0 Å². The molecule has 0 rings (SSSR count). The first-order valence-corrected chi connectivity index (χ1v) is 5.32. The number of carbonyl (C=O) groups is 2. The second kappa shape index (κ2) is 6.03. The molecule has 0 aliphatic carbocycles. The fourth-order valence-electron chi connectivity index (χ4n) is 0.461. The predicted molar refractivity (Wildman–Crippen MR) is 52.8 cm³/mol. The van der Waals surface area contributed by atoms with Gasteiger partial charge in [-0.3, -0.25) is 4.18 Å². The van der Waals surface area contributed by atoms with Crippen molar-refractivity contribution in [2.45, 2.75) is 0 Å². The van der Waals surface area contributed by atoms with E-state index in [9.17, 15) is 18.0 Å². The molecule has 90 valence electrons. The highest BCUT2D eigenvalue weighted by atomic mass is 32.2. The first kappa shape index (κ1) is 14.3. The van der Waals surface area contributed by atoms with Crippen LogP contribution < -0.4 is 0 Å². The number of carboxylic acid groups (broad SMARTS) is 1. The van der Waals surface area contributed by atoms with E-state index in [-0.39, 0.29) is 0 Å². The molecule has 0 spiro atoms. The van der Waals surface area contributed by atoms with Gasteiger partial charge < -0.3 is 9.84 Å². The minimum Gasteiger partial charge on any atom is -0.478 e. The summed E-state index contributed by atoms with van der Waals surface area (Å²) in [5.41, 5.74) is -0.421. The first-order valence-electron chi connectivity index (χ1n) is 3.85. The highest BCUT2D eigenvalue weighted by molar-refractivity contribution is 7.89. The number of ether oxygens (including phenoxy) is 1. The summed E-state index contributed by atoms with van der Waals surface area (Å²) in [6.07, 6.45) is 0.638. The summed E-state index contributed by atoms with van der Waals surface area (Å²) in [6.45, 7) is 2.37. The topological polar surface area (TPSA) is 107 Å². The summed E-state index contributed by atoms with van der Waals surface area (Å²) < 4.78 is 30.5. The van der Waals surface area contributed by atoms with Gasteiger partial charge in [0.2, 0.25) is 0 Å². The van der Waals surface area contributed by atoms with Crippen molar-refractivity contribution in [1.82, 2.24) is 0 Å². The van der Waals surface area contributed by atoms with Crippen LogP contribution in [-0.4, -0.2) is 39.2 Å². The molecule has 0 atom stereocenters. The molecule has 0 heterocycles. The van der Waals surface area contributed by atoms with Crippen LogP contribution in [0.5, 0.6) is 0 Å². The lowest BCUT2D eigenvalue weighted by molar-refractivity contribution is -0.135. The molecule has 0 aromatic carbocycles. The highest BCUT2D eigenvalue weighted by Crippen LogP contribution is 2.00. The van der Waals surface area contributed by atoms with Crippen molar-refractivity contribution in [2.75, 3.05) is 13.7 Å². The summed E-state index contributed by atoms with van der Waals surface area (Å²) in [4.78, 5) is 20.8. The van der Waals surface area contributed by atoms with Crippen molar-refractivity contribution in [3.8, 4) is 0 Å². The number of aliphatic carboxylic acids is 1. The normalized spacial score (nSPS) is 11.3. The third-order valence-corrected chi connectivity index (χ3v) is 2.19. The van der Waals surface area contributed by atoms with Crippen LogP contribution in [0.3, 0.4) is 0 Å². The van der Waals surface area contributed by atoms with Gasteiger partial charge in [0.25, 0.3) is 10.1 Å². The Morgan fingerprint density at radius 3 is 2.44 bits per heavy atom. The third-order valence-electron chi connectivity index (χ3n) is 1.27. The Hall–Kier alpha value is -1.67. The van der Waals surface area contributed by atoms with Gasteiger partial charge in [0, 0.05) is 6.08 Å². The third kappa shape index (κ3) is 5.94. The molecule has 0 aromatic heterocycles. The minimum absolute atomic E-state index is 0.421. The van der Waals surface area contributed by atoms with E-state index in [0.29, 0.717) is 11.5 Å². The Balaban J connectivity index is 4.38. The molecule has 0 radical (unpaired) electrons. The van der Waals surface area contributed by atoms with Crippen LogP contribution in [0.1, 0.15) is 0 Å². The summed E-state index contributed by atoms with van der Waals surface area (Å²) in [5, 5.41) is 8.83. The number of rotatable bonds is 6. The van der Waals surface area contributed by atoms with Crippen molar-refractivity contribution >= 4 is 22.1 Å². The Kier molecular flexibility index (Phi) is 5.40. The second-order valence-electron chi connectivity index (χ2n) is 2.49. The Bertz CT molecular complexity index is 418. The summed E-state index contributed by atoms with van der Waals surface area (Å²) in [6, 6.07) is 0. The van der Waals surface area contributed by atoms with E-state index in [0.717, 1.165) is 7.11 Å². The zero-order valence-electron chi connectivity index (χ0n) is 8.37. The maximum absolute atomic E-state index is 11.0. The molecule has 0 bridgehead atoms. The van der Waals surface area contributed by atoms with Gasteiger partial charge in [0.05, 0.1) is 24.7 Å². The van der Waals surface area contributed by atoms with Crippen LogP contribution in [0.2, 0.25) is 0 Å². The molecule has 7 nitrogen and oxygen atoms in total. The van der Waals surface area contributed by atoms with E-state index in [4.69, 9.17) is 5.11 Å². The predicted octanol–water partition coefficient (Wildman–Crippen LogP) is -0.340. The lowest BCUT2D eigenvalue weighted by atomic mass is 10.3. The molecule has 0 aromatic rings. The lowest BCUT2D eigenvalue weighted by Gasteiger charge is -2.00. The number of carboxylic acids is 1. The van der Waals surface area contributed by atoms with E-state index in [1.54, 1.807) is 0 Å². The van der Waals surface area contributed by atoms with Gasteiger partial charge in [-0.25, -0.2) is 9.59 Å². The van der Waals surface area contributed by atoms with E-state index in [1.807, 2.05) is 0 Å². The average Bonchev–Trinajstić information content (AvgIpc) is 2.22. The molecule has 0 saturated carbocycles.